The van der Waals surface area contributed by atoms with Crippen LogP contribution < -0.4 is 17.0 Å². The summed E-state index contributed by atoms with van der Waals surface area (Å²) in [5, 5.41) is 9.80. The molecule has 3 rings (SSSR count). The summed E-state index contributed by atoms with van der Waals surface area (Å²) in [6, 6.07) is 6.30. The Morgan fingerprint density at radius 1 is 1.28 bits per heavy atom. The van der Waals surface area contributed by atoms with E-state index in [-0.39, 0.29) is 34.0 Å². The molecule has 2 heterocycles. The van der Waals surface area contributed by atoms with Gasteiger partial charge in [0.25, 0.3) is 11.5 Å². The first-order valence-electron chi connectivity index (χ1n) is 7.45. The lowest BCUT2D eigenvalue weighted by molar-refractivity contribution is -0.112. The number of hydrogen-bond donors (Lipinski definition) is 4. The van der Waals surface area contributed by atoms with Crippen LogP contribution in [0, 0.1) is 6.92 Å². The van der Waals surface area contributed by atoms with Crippen LogP contribution in [0.25, 0.3) is 22.3 Å². The Morgan fingerprint density at radius 2 is 2.00 bits per heavy atom. The smallest absolute Gasteiger partial charge is 0.259 e. The maximum absolute atomic E-state index is 12.3. The first-order chi connectivity index (χ1) is 11.8. The van der Waals surface area contributed by atoms with Crippen LogP contribution in [0.5, 0.6) is 5.75 Å². The van der Waals surface area contributed by atoms with E-state index in [1.807, 2.05) is 0 Å². The number of nitrogens with zero attached hydrogens (tertiary/aromatic N) is 2. The van der Waals surface area contributed by atoms with Crippen LogP contribution in [0.2, 0.25) is 0 Å². The number of nitrogens with one attached hydrogen (secondary N) is 1. The number of benzene rings is 1. The second kappa shape index (κ2) is 5.82. The summed E-state index contributed by atoms with van der Waals surface area (Å²) in [4.78, 5) is 31.6. The first-order valence-corrected chi connectivity index (χ1v) is 7.45. The molecule has 0 radical (unpaired) electrons. The molecule has 25 heavy (non-hydrogen) atoms. The van der Waals surface area contributed by atoms with Gasteiger partial charge in [0, 0.05) is 18.8 Å². The number of aromatic amines is 1. The van der Waals surface area contributed by atoms with Gasteiger partial charge in [-0.1, -0.05) is 0 Å². The zero-order valence-electron chi connectivity index (χ0n) is 13.7. The van der Waals surface area contributed by atoms with Gasteiger partial charge in [0.05, 0.1) is 22.3 Å². The van der Waals surface area contributed by atoms with E-state index in [2.05, 4.69) is 9.97 Å². The van der Waals surface area contributed by atoms with E-state index in [1.54, 1.807) is 32.3 Å². The molecular weight excluding hydrogens is 322 g/mol. The molecule has 0 saturated carbocycles. The molecule has 2 aromatic heterocycles. The molecule has 0 saturated heterocycles. The number of aromatic nitrogens is 3. The highest BCUT2D eigenvalue weighted by Gasteiger charge is 2.21. The van der Waals surface area contributed by atoms with Crippen LogP contribution in [-0.2, 0) is 11.8 Å². The standard InChI is InChI=1S/C17H17N5O3/c1-8-11(23)6-5-10-14(8)21-16(20-10)12(15(19)24)13(18)9-4-3-7-22(2)17(9)25/h3-7,23H,18H2,1-2H3,(H2,19,24)(H,20,21)/b13-12-. The molecule has 6 N–H and O–H groups in total. The van der Waals surface area contributed by atoms with Crippen molar-refractivity contribution in [1.82, 2.24) is 14.5 Å². The van der Waals surface area contributed by atoms with Crippen molar-refractivity contribution in [1.29, 1.82) is 0 Å². The number of phenolic OH excluding ortho intramolecular Hbond substituents is 1. The predicted octanol–water partition coefficient (Wildman–Crippen LogP) is 0.588. The molecule has 0 bridgehead atoms. The minimum Gasteiger partial charge on any atom is -0.508 e. The maximum Gasteiger partial charge on any atom is 0.259 e. The minimum atomic E-state index is -0.815. The summed E-state index contributed by atoms with van der Waals surface area (Å²) in [6.45, 7) is 1.70. The van der Waals surface area contributed by atoms with E-state index in [0.717, 1.165) is 0 Å². The van der Waals surface area contributed by atoms with Crippen LogP contribution in [0.4, 0.5) is 0 Å². The second-order valence-electron chi connectivity index (χ2n) is 5.68. The molecule has 0 aliphatic rings. The molecule has 3 aromatic rings. The van der Waals surface area contributed by atoms with E-state index in [9.17, 15) is 14.7 Å². The number of carbonyl (C=O) groups excluding carboxylic acids is 1. The SMILES string of the molecule is Cc1c(O)ccc2[nH]c(/C(C(N)=O)=C(\N)c3cccn(C)c3=O)nc12. The Labute approximate surface area is 142 Å². The van der Waals surface area contributed by atoms with Gasteiger partial charge in [0.2, 0.25) is 0 Å². The molecule has 0 spiro atoms. The number of phenols is 1. The summed E-state index contributed by atoms with van der Waals surface area (Å²) in [6.07, 6.45) is 1.58. The molecule has 8 heteroatoms. The highest BCUT2D eigenvalue weighted by Crippen LogP contribution is 2.27. The van der Waals surface area contributed by atoms with Gasteiger partial charge >= 0.3 is 0 Å². The summed E-state index contributed by atoms with van der Waals surface area (Å²) >= 11 is 0. The summed E-state index contributed by atoms with van der Waals surface area (Å²) < 4.78 is 1.35. The molecule has 0 aliphatic heterocycles. The van der Waals surface area contributed by atoms with E-state index in [4.69, 9.17) is 11.5 Å². The quantitative estimate of drug-likeness (QED) is 0.517. The van der Waals surface area contributed by atoms with Crippen LogP contribution >= 0.6 is 0 Å². The van der Waals surface area contributed by atoms with Gasteiger partial charge in [-0.15, -0.1) is 0 Å². The number of imidazole rings is 1. The summed E-state index contributed by atoms with van der Waals surface area (Å²) in [5.41, 5.74) is 12.9. The monoisotopic (exact) mass is 339 g/mol. The normalized spacial score (nSPS) is 12.2. The Kier molecular flexibility index (Phi) is 3.80. The molecule has 0 fully saturated rings. The number of pyridine rings is 1. The Morgan fingerprint density at radius 3 is 2.68 bits per heavy atom. The number of nitrogens with two attached hydrogens (primary N) is 2. The number of H-pyrrole nitrogens is 1. The van der Waals surface area contributed by atoms with Crippen molar-refractivity contribution >= 4 is 28.2 Å². The summed E-state index contributed by atoms with van der Waals surface area (Å²) in [7, 11) is 1.58. The fourth-order valence-electron chi connectivity index (χ4n) is 2.63. The Bertz CT molecular complexity index is 1090. The molecule has 1 amide bonds. The number of aromatic hydroxyl groups is 1. The topological polar surface area (TPSA) is 140 Å². The van der Waals surface area contributed by atoms with Gasteiger partial charge in [0.1, 0.15) is 17.1 Å². The Hall–Kier alpha value is -3.55. The molecule has 0 aliphatic carbocycles. The van der Waals surface area contributed by atoms with Crippen LogP contribution in [0.3, 0.4) is 0 Å². The highest BCUT2D eigenvalue weighted by molar-refractivity contribution is 6.25. The van der Waals surface area contributed by atoms with Gasteiger partial charge in [-0.25, -0.2) is 4.98 Å². The molecule has 1 aromatic carbocycles. The fourth-order valence-corrected chi connectivity index (χ4v) is 2.63. The number of primary amides is 1. The number of carbonyl (C=O) groups is 1. The highest BCUT2D eigenvalue weighted by atomic mass is 16.3. The third-order valence-corrected chi connectivity index (χ3v) is 4.05. The summed E-state index contributed by atoms with van der Waals surface area (Å²) in [5.74, 6) is -0.594. The van der Waals surface area contributed by atoms with Crippen LogP contribution in [-0.4, -0.2) is 25.5 Å². The van der Waals surface area contributed by atoms with E-state index >= 15 is 0 Å². The van der Waals surface area contributed by atoms with Gasteiger partial charge in [-0.2, -0.15) is 0 Å². The van der Waals surface area contributed by atoms with E-state index < -0.39 is 5.91 Å². The van der Waals surface area contributed by atoms with Crippen LogP contribution in [0.1, 0.15) is 17.0 Å². The van der Waals surface area contributed by atoms with Crippen molar-refractivity contribution in [2.75, 3.05) is 0 Å². The van der Waals surface area contributed by atoms with Gasteiger partial charge in [-0.3, -0.25) is 9.59 Å². The number of fused-ring (bicyclic) bond motifs is 1. The average Bonchev–Trinajstić information content (AvgIpc) is 2.97. The van der Waals surface area contributed by atoms with E-state index in [1.165, 1.54) is 16.7 Å². The average molecular weight is 339 g/mol. The lowest BCUT2D eigenvalue weighted by Gasteiger charge is -2.08. The van der Waals surface area contributed by atoms with Crippen molar-refractivity contribution in [3.8, 4) is 5.75 Å². The zero-order valence-corrected chi connectivity index (χ0v) is 13.7. The van der Waals surface area contributed by atoms with Crippen molar-refractivity contribution in [2.45, 2.75) is 6.92 Å². The van der Waals surface area contributed by atoms with Gasteiger partial charge in [-0.05, 0) is 31.2 Å². The van der Waals surface area contributed by atoms with Gasteiger partial charge in [0.15, 0.2) is 0 Å². The van der Waals surface area contributed by atoms with Crippen molar-refractivity contribution in [3.63, 3.8) is 0 Å². The zero-order chi connectivity index (χ0) is 18.3. The fraction of sp³-hybridized carbons (Fsp3) is 0.118. The largest absolute Gasteiger partial charge is 0.508 e. The van der Waals surface area contributed by atoms with E-state index in [0.29, 0.717) is 16.6 Å². The Balaban J connectivity index is 2.30. The number of aryl methyl sites for hydroxylation is 2. The van der Waals surface area contributed by atoms with Gasteiger partial charge < -0.3 is 26.1 Å². The second-order valence-corrected chi connectivity index (χ2v) is 5.68. The van der Waals surface area contributed by atoms with Crippen LogP contribution in [0.15, 0.2) is 35.3 Å². The lowest BCUT2D eigenvalue weighted by atomic mass is 10.1. The lowest BCUT2D eigenvalue weighted by Crippen LogP contribution is -2.25. The van der Waals surface area contributed by atoms with Crippen molar-refractivity contribution in [3.05, 3.63) is 57.8 Å². The first kappa shape index (κ1) is 16.3. The predicted molar refractivity (Wildman–Crippen MR) is 94.4 cm³/mol. The maximum atomic E-state index is 12.3. The molecule has 0 unspecified atom stereocenters. The number of rotatable bonds is 3. The van der Waals surface area contributed by atoms with Crippen molar-refractivity contribution < 1.29 is 9.90 Å². The molecule has 8 nitrogen and oxygen atoms in total. The minimum absolute atomic E-state index is 0.0605. The molecule has 0 atom stereocenters. The third-order valence-electron chi connectivity index (χ3n) is 4.05. The number of hydrogen-bond acceptors (Lipinski definition) is 5. The number of amides is 1. The third kappa shape index (κ3) is 2.63. The molecule has 128 valence electrons. The molecular formula is C17H17N5O3. The van der Waals surface area contributed by atoms with Crippen molar-refractivity contribution in [2.24, 2.45) is 18.5 Å².